The van der Waals surface area contributed by atoms with Crippen LogP contribution in [0.3, 0.4) is 0 Å². The third-order valence-electron chi connectivity index (χ3n) is 3.35. The number of benzene rings is 2. The van der Waals surface area contributed by atoms with Crippen molar-refractivity contribution >= 4 is 34.2 Å². The zero-order valence-corrected chi connectivity index (χ0v) is 14.5. The largest absolute Gasteiger partial charge is 0.268 e. The molecule has 0 spiro atoms. The lowest BCUT2D eigenvalue weighted by molar-refractivity contribution is 0.687. The number of hydrogen-bond donors (Lipinski definition) is 0. The lowest BCUT2D eigenvalue weighted by atomic mass is 10.1. The van der Waals surface area contributed by atoms with Gasteiger partial charge in [0.1, 0.15) is 0 Å². The van der Waals surface area contributed by atoms with Crippen molar-refractivity contribution in [2.45, 2.75) is 13.5 Å². The van der Waals surface area contributed by atoms with Gasteiger partial charge in [0.05, 0.1) is 12.7 Å². The standard InChI is InChI=1S/C17H14ClIN2/c1-12-2-3-14(17(18)8-12)10-21-11-15(9-20-21)13-4-6-16(19)7-5-13/h2-9,11H,10H2,1H3. The summed E-state index contributed by atoms with van der Waals surface area (Å²) in [6.45, 7) is 2.72. The van der Waals surface area contributed by atoms with E-state index in [0.29, 0.717) is 6.54 Å². The van der Waals surface area contributed by atoms with Crippen molar-refractivity contribution < 1.29 is 0 Å². The van der Waals surface area contributed by atoms with Crippen LogP contribution < -0.4 is 0 Å². The lowest BCUT2D eigenvalue weighted by Gasteiger charge is -2.05. The first-order valence-electron chi connectivity index (χ1n) is 6.65. The minimum Gasteiger partial charge on any atom is -0.268 e. The van der Waals surface area contributed by atoms with E-state index < -0.39 is 0 Å². The summed E-state index contributed by atoms with van der Waals surface area (Å²) in [6, 6.07) is 14.5. The van der Waals surface area contributed by atoms with Crippen LogP contribution in [0.15, 0.2) is 54.9 Å². The Balaban J connectivity index is 1.83. The first-order chi connectivity index (χ1) is 10.1. The maximum atomic E-state index is 6.28. The van der Waals surface area contributed by atoms with Gasteiger partial charge in [-0.1, -0.05) is 35.9 Å². The van der Waals surface area contributed by atoms with Crippen LogP contribution in [-0.4, -0.2) is 9.78 Å². The molecule has 0 bridgehead atoms. The predicted octanol–water partition coefficient (Wildman–Crippen LogP) is 5.16. The Kier molecular flexibility index (Phi) is 4.31. The van der Waals surface area contributed by atoms with Gasteiger partial charge in [0, 0.05) is 20.4 Å². The van der Waals surface area contributed by atoms with E-state index in [-0.39, 0.29) is 0 Å². The van der Waals surface area contributed by atoms with Crippen molar-refractivity contribution in [2.24, 2.45) is 0 Å². The molecule has 3 aromatic rings. The molecule has 1 aromatic heterocycles. The second-order valence-electron chi connectivity index (χ2n) is 5.03. The van der Waals surface area contributed by atoms with Crippen LogP contribution in [0.4, 0.5) is 0 Å². The lowest BCUT2D eigenvalue weighted by Crippen LogP contribution is -2.00. The molecule has 2 nitrogen and oxygen atoms in total. The average Bonchev–Trinajstić information content (AvgIpc) is 2.91. The summed E-state index contributed by atoms with van der Waals surface area (Å²) in [7, 11) is 0. The molecule has 4 heteroatoms. The molecule has 21 heavy (non-hydrogen) atoms. The molecule has 0 aliphatic carbocycles. The second kappa shape index (κ2) is 6.20. The molecule has 1 heterocycles. The smallest absolute Gasteiger partial charge is 0.0674 e. The molecule has 2 aromatic carbocycles. The van der Waals surface area contributed by atoms with Gasteiger partial charge in [-0.25, -0.2) is 0 Å². The zero-order valence-electron chi connectivity index (χ0n) is 11.6. The Morgan fingerprint density at radius 3 is 2.57 bits per heavy atom. The number of aryl methyl sites for hydroxylation is 1. The normalized spacial score (nSPS) is 10.8. The van der Waals surface area contributed by atoms with Gasteiger partial charge in [-0.05, 0) is 64.4 Å². The number of nitrogens with zero attached hydrogens (tertiary/aromatic N) is 2. The molecule has 0 aliphatic rings. The molecule has 0 unspecified atom stereocenters. The quantitative estimate of drug-likeness (QED) is 0.547. The number of aromatic nitrogens is 2. The van der Waals surface area contributed by atoms with Crippen LogP contribution in [-0.2, 0) is 6.54 Å². The third kappa shape index (κ3) is 3.47. The molecule has 0 N–H and O–H groups in total. The second-order valence-corrected chi connectivity index (χ2v) is 6.68. The maximum absolute atomic E-state index is 6.28. The van der Waals surface area contributed by atoms with Gasteiger partial charge in [0.2, 0.25) is 0 Å². The van der Waals surface area contributed by atoms with Crippen molar-refractivity contribution in [3.63, 3.8) is 0 Å². The van der Waals surface area contributed by atoms with E-state index in [1.807, 2.05) is 23.9 Å². The topological polar surface area (TPSA) is 17.8 Å². The van der Waals surface area contributed by atoms with Crippen molar-refractivity contribution in [3.8, 4) is 11.1 Å². The van der Waals surface area contributed by atoms with Gasteiger partial charge in [-0.3, -0.25) is 4.68 Å². The zero-order chi connectivity index (χ0) is 14.8. The average molecular weight is 409 g/mol. The number of hydrogen-bond acceptors (Lipinski definition) is 1. The van der Waals surface area contributed by atoms with Gasteiger partial charge in [0.15, 0.2) is 0 Å². The fourth-order valence-electron chi connectivity index (χ4n) is 2.20. The molecular weight excluding hydrogens is 395 g/mol. The number of rotatable bonds is 3. The van der Waals surface area contributed by atoms with Gasteiger partial charge in [-0.2, -0.15) is 5.10 Å². The molecule has 106 valence electrons. The molecule has 0 atom stereocenters. The molecule has 0 fully saturated rings. The van der Waals surface area contributed by atoms with Crippen molar-refractivity contribution in [1.82, 2.24) is 9.78 Å². The van der Waals surface area contributed by atoms with E-state index in [0.717, 1.165) is 16.1 Å². The summed E-state index contributed by atoms with van der Waals surface area (Å²) in [6.07, 6.45) is 3.95. The molecule has 0 aliphatic heterocycles. The van der Waals surface area contributed by atoms with Gasteiger partial charge < -0.3 is 0 Å². The van der Waals surface area contributed by atoms with Gasteiger partial charge in [-0.15, -0.1) is 0 Å². The van der Waals surface area contributed by atoms with E-state index in [4.69, 9.17) is 11.6 Å². The van der Waals surface area contributed by atoms with Crippen molar-refractivity contribution in [3.05, 3.63) is 74.6 Å². The van der Waals surface area contributed by atoms with Crippen LogP contribution >= 0.6 is 34.2 Å². The Morgan fingerprint density at radius 1 is 1.10 bits per heavy atom. The van der Waals surface area contributed by atoms with Gasteiger partial charge >= 0.3 is 0 Å². The Morgan fingerprint density at radius 2 is 1.86 bits per heavy atom. The van der Waals surface area contributed by atoms with Crippen molar-refractivity contribution in [1.29, 1.82) is 0 Å². The highest BCUT2D eigenvalue weighted by atomic mass is 127. The van der Waals surface area contributed by atoms with Crippen LogP contribution in [0.1, 0.15) is 11.1 Å². The highest BCUT2D eigenvalue weighted by Crippen LogP contribution is 2.22. The summed E-state index contributed by atoms with van der Waals surface area (Å²) in [4.78, 5) is 0. The molecule has 0 amide bonds. The Bertz CT molecular complexity index is 763. The number of halogens is 2. The summed E-state index contributed by atoms with van der Waals surface area (Å²) >= 11 is 8.59. The van der Waals surface area contributed by atoms with Crippen LogP contribution in [0.5, 0.6) is 0 Å². The minimum atomic E-state index is 0.684. The third-order valence-corrected chi connectivity index (χ3v) is 4.42. The highest BCUT2D eigenvalue weighted by molar-refractivity contribution is 14.1. The van der Waals surface area contributed by atoms with E-state index in [9.17, 15) is 0 Å². The maximum Gasteiger partial charge on any atom is 0.0674 e. The summed E-state index contributed by atoms with van der Waals surface area (Å²) in [5, 5.41) is 5.22. The van der Waals surface area contributed by atoms with Crippen LogP contribution in [0, 0.1) is 10.5 Å². The molecule has 0 saturated carbocycles. The Labute approximate surface area is 142 Å². The Hall–Kier alpha value is -1.33. The van der Waals surface area contributed by atoms with Crippen molar-refractivity contribution in [2.75, 3.05) is 0 Å². The molecular formula is C17H14ClIN2. The summed E-state index contributed by atoms with van der Waals surface area (Å²) in [5.74, 6) is 0. The van der Waals surface area contributed by atoms with E-state index in [1.165, 1.54) is 14.7 Å². The van der Waals surface area contributed by atoms with E-state index >= 15 is 0 Å². The van der Waals surface area contributed by atoms with E-state index in [2.05, 4.69) is 70.3 Å². The van der Waals surface area contributed by atoms with Crippen LogP contribution in [0.25, 0.3) is 11.1 Å². The fourth-order valence-corrected chi connectivity index (χ4v) is 2.85. The molecule has 0 radical (unpaired) electrons. The predicted molar refractivity (Wildman–Crippen MR) is 95.7 cm³/mol. The summed E-state index contributed by atoms with van der Waals surface area (Å²) < 4.78 is 3.15. The minimum absolute atomic E-state index is 0.684. The molecule has 0 saturated heterocycles. The monoisotopic (exact) mass is 408 g/mol. The highest BCUT2D eigenvalue weighted by Gasteiger charge is 2.05. The fraction of sp³-hybridized carbons (Fsp3) is 0.118. The SMILES string of the molecule is Cc1ccc(Cn2cc(-c3ccc(I)cc3)cn2)c(Cl)c1. The van der Waals surface area contributed by atoms with E-state index in [1.54, 1.807) is 0 Å². The van der Waals surface area contributed by atoms with Gasteiger partial charge in [0.25, 0.3) is 0 Å². The van der Waals surface area contributed by atoms with Crippen LogP contribution in [0.2, 0.25) is 5.02 Å². The molecule has 3 rings (SSSR count). The summed E-state index contributed by atoms with van der Waals surface area (Å²) in [5.41, 5.74) is 4.55. The first kappa shape index (κ1) is 14.6. The first-order valence-corrected chi connectivity index (χ1v) is 8.11.